The highest BCUT2D eigenvalue weighted by molar-refractivity contribution is 5.68. The topological polar surface area (TPSA) is 119 Å². The first-order valence-electron chi connectivity index (χ1n) is 8.71. The van der Waals surface area contributed by atoms with Gasteiger partial charge >= 0.3 is 5.63 Å². The molecule has 0 unspecified atom stereocenters. The molecular formula is C20H22O8. The molecule has 1 aliphatic rings. The molecule has 0 radical (unpaired) electrons. The van der Waals surface area contributed by atoms with Crippen molar-refractivity contribution in [3.8, 4) is 11.5 Å². The summed E-state index contributed by atoms with van der Waals surface area (Å²) in [4.78, 5) is 11.5. The van der Waals surface area contributed by atoms with Crippen LogP contribution in [0.15, 0.2) is 45.6 Å². The van der Waals surface area contributed by atoms with Crippen molar-refractivity contribution in [2.45, 2.75) is 37.6 Å². The van der Waals surface area contributed by atoms with Crippen LogP contribution in [0.1, 0.15) is 18.2 Å². The molecule has 0 aliphatic carbocycles. The molecule has 0 spiro atoms. The summed E-state index contributed by atoms with van der Waals surface area (Å²) in [6, 6.07) is 9.72. The van der Waals surface area contributed by atoms with Gasteiger partial charge in [0.25, 0.3) is 0 Å². The first-order valence-corrected chi connectivity index (χ1v) is 8.71. The van der Waals surface area contributed by atoms with Crippen LogP contribution in [0.2, 0.25) is 0 Å². The summed E-state index contributed by atoms with van der Waals surface area (Å²) < 4.78 is 21.2. The fraction of sp³-hybridized carbons (Fsp3) is 0.350. The van der Waals surface area contributed by atoms with Gasteiger partial charge in [-0.15, -0.1) is 0 Å². The number of hydrogen-bond donors (Lipinski definition) is 3. The largest absolute Gasteiger partial charge is 0.496 e. The molecule has 1 aromatic carbocycles. The first-order chi connectivity index (χ1) is 13.4. The normalized spacial score (nSPS) is 27.7. The minimum absolute atomic E-state index is 0.327. The van der Waals surface area contributed by atoms with Crippen LogP contribution in [-0.4, -0.2) is 53.1 Å². The lowest BCUT2D eigenvalue weighted by atomic mass is 10.00. The van der Waals surface area contributed by atoms with Crippen molar-refractivity contribution in [1.29, 1.82) is 0 Å². The molecule has 8 nitrogen and oxygen atoms in total. The Hall–Kier alpha value is -2.65. The average molecular weight is 390 g/mol. The van der Waals surface area contributed by atoms with Crippen LogP contribution in [0.5, 0.6) is 11.5 Å². The van der Waals surface area contributed by atoms with E-state index in [4.69, 9.17) is 18.6 Å². The van der Waals surface area contributed by atoms with Gasteiger partial charge in [-0.1, -0.05) is 18.2 Å². The lowest BCUT2D eigenvalue weighted by molar-refractivity contribution is -0.268. The van der Waals surface area contributed by atoms with Gasteiger partial charge in [-0.05, 0) is 30.7 Å². The zero-order valence-electron chi connectivity index (χ0n) is 15.4. The number of aliphatic hydroxyl groups is 3. The van der Waals surface area contributed by atoms with Crippen LogP contribution >= 0.6 is 0 Å². The third-order valence-electron chi connectivity index (χ3n) is 4.36. The van der Waals surface area contributed by atoms with Crippen molar-refractivity contribution in [3.63, 3.8) is 0 Å². The van der Waals surface area contributed by atoms with Crippen LogP contribution in [0.3, 0.4) is 0 Å². The molecule has 0 saturated carbocycles. The van der Waals surface area contributed by atoms with Gasteiger partial charge in [0.2, 0.25) is 6.29 Å². The van der Waals surface area contributed by atoms with E-state index in [2.05, 4.69) is 0 Å². The van der Waals surface area contributed by atoms with Crippen LogP contribution in [0.25, 0.3) is 12.2 Å². The van der Waals surface area contributed by atoms with Crippen LogP contribution in [-0.2, 0) is 4.74 Å². The van der Waals surface area contributed by atoms with Crippen molar-refractivity contribution in [2.75, 3.05) is 7.11 Å². The highest BCUT2D eigenvalue weighted by Gasteiger charge is 2.43. The third-order valence-corrected chi connectivity index (χ3v) is 4.36. The number of rotatable bonds is 5. The van der Waals surface area contributed by atoms with Gasteiger partial charge in [0.05, 0.1) is 19.3 Å². The van der Waals surface area contributed by atoms with Crippen molar-refractivity contribution < 1.29 is 33.9 Å². The summed E-state index contributed by atoms with van der Waals surface area (Å²) in [5, 5.41) is 29.7. The second kappa shape index (κ2) is 8.57. The summed E-state index contributed by atoms with van der Waals surface area (Å²) >= 11 is 0. The Morgan fingerprint density at radius 3 is 2.54 bits per heavy atom. The molecule has 1 fully saturated rings. The Morgan fingerprint density at radius 2 is 1.79 bits per heavy atom. The maximum atomic E-state index is 11.5. The van der Waals surface area contributed by atoms with E-state index in [0.29, 0.717) is 17.3 Å². The lowest BCUT2D eigenvalue weighted by Crippen LogP contribution is -2.58. The van der Waals surface area contributed by atoms with E-state index in [9.17, 15) is 20.1 Å². The molecule has 5 atom stereocenters. The molecule has 1 saturated heterocycles. The molecule has 0 bridgehead atoms. The van der Waals surface area contributed by atoms with Crippen molar-refractivity contribution in [1.82, 2.24) is 0 Å². The first kappa shape index (κ1) is 20.1. The quantitative estimate of drug-likeness (QED) is 0.693. The molecule has 2 aromatic rings. The Labute approximate surface area is 161 Å². The Balaban J connectivity index is 1.74. The molecule has 0 amide bonds. The maximum Gasteiger partial charge on any atom is 0.339 e. The zero-order chi connectivity index (χ0) is 20.3. The van der Waals surface area contributed by atoms with Gasteiger partial charge in [-0.2, -0.15) is 0 Å². The molecule has 2 heterocycles. The summed E-state index contributed by atoms with van der Waals surface area (Å²) in [6.45, 7) is 1.58. The smallest absolute Gasteiger partial charge is 0.339 e. The van der Waals surface area contributed by atoms with E-state index < -0.39 is 36.3 Å². The van der Waals surface area contributed by atoms with Crippen LogP contribution in [0.4, 0.5) is 0 Å². The van der Waals surface area contributed by atoms with E-state index >= 15 is 0 Å². The average Bonchev–Trinajstić information content (AvgIpc) is 2.68. The molecule has 28 heavy (non-hydrogen) atoms. The molecule has 150 valence electrons. The summed E-state index contributed by atoms with van der Waals surface area (Å²) in [6.07, 6.45) is -2.45. The van der Waals surface area contributed by atoms with E-state index in [1.807, 2.05) is 0 Å². The number of benzene rings is 1. The molecule has 3 N–H and O–H groups in total. The fourth-order valence-corrected chi connectivity index (χ4v) is 2.79. The summed E-state index contributed by atoms with van der Waals surface area (Å²) in [7, 11) is 1.46. The van der Waals surface area contributed by atoms with E-state index in [1.165, 1.54) is 13.2 Å². The number of hydrogen-bond acceptors (Lipinski definition) is 8. The molecular weight excluding hydrogens is 368 g/mol. The minimum Gasteiger partial charge on any atom is -0.496 e. The fourth-order valence-electron chi connectivity index (χ4n) is 2.79. The standard InChI is InChI=1S/C20H22O8/c1-11-17(22)18(23)19(24)20(26-11)28-13-5-3-4-12(8-13)6-7-14-9-15(25-2)10-16(21)27-14/h3-11,17-20,22-24H,1-2H3/b7-6+/t11-,17-,18+,19+,20-/m1/s1. The Kier molecular flexibility index (Phi) is 6.15. The van der Waals surface area contributed by atoms with E-state index in [1.54, 1.807) is 49.4 Å². The predicted molar refractivity (Wildman–Crippen MR) is 99.9 cm³/mol. The second-order valence-electron chi connectivity index (χ2n) is 6.42. The zero-order valence-corrected chi connectivity index (χ0v) is 15.4. The number of aliphatic hydroxyl groups excluding tert-OH is 3. The van der Waals surface area contributed by atoms with Crippen molar-refractivity contribution in [2.24, 2.45) is 0 Å². The van der Waals surface area contributed by atoms with Crippen molar-refractivity contribution >= 4 is 12.2 Å². The number of methoxy groups -OCH3 is 1. The van der Waals surface area contributed by atoms with E-state index in [-0.39, 0.29) is 0 Å². The van der Waals surface area contributed by atoms with Gasteiger partial charge in [-0.25, -0.2) is 4.79 Å². The predicted octanol–water partition coefficient (Wildman–Crippen LogP) is 1.03. The molecule has 1 aliphatic heterocycles. The summed E-state index contributed by atoms with van der Waals surface area (Å²) in [5.41, 5.74) is 0.219. The second-order valence-corrected chi connectivity index (χ2v) is 6.42. The Bertz CT molecular complexity index is 890. The lowest BCUT2D eigenvalue weighted by Gasteiger charge is -2.38. The highest BCUT2D eigenvalue weighted by Crippen LogP contribution is 2.25. The minimum atomic E-state index is -1.39. The third kappa shape index (κ3) is 4.60. The van der Waals surface area contributed by atoms with Crippen LogP contribution < -0.4 is 15.1 Å². The highest BCUT2D eigenvalue weighted by atomic mass is 16.7. The van der Waals surface area contributed by atoms with Crippen molar-refractivity contribution in [3.05, 3.63) is 58.1 Å². The summed E-state index contributed by atoms with van der Waals surface area (Å²) in [5.74, 6) is 1.12. The molecule has 1 aromatic heterocycles. The van der Waals surface area contributed by atoms with Gasteiger partial charge < -0.3 is 33.9 Å². The number of ether oxygens (including phenoxy) is 3. The van der Waals surface area contributed by atoms with Crippen LogP contribution in [0, 0.1) is 0 Å². The SMILES string of the molecule is COc1cc(/C=C/c2cccc(O[C@H]3O[C@H](C)[C@@H](O)[C@H](O)[C@@H]3O)c2)oc(=O)c1. The molecule has 3 rings (SSSR count). The maximum absolute atomic E-state index is 11.5. The van der Waals surface area contributed by atoms with E-state index in [0.717, 1.165) is 5.56 Å². The van der Waals surface area contributed by atoms with Gasteiger partial charge in [-0.3, -0.25) is 0 Å². The molecule has 8 heteroatoms. The van der Waals surface area contributed by atoms with Gasteiger partial charge in [0.15, 0.2) is 0 Å². The Morgan fingerprint density at radius 1 is 1.00 bits per heavy atom. The van der Waals surface area contributed by atoms with Gasteiger partial charge in [0.1, 0.15) is 35.6 Å². The van der Waals surface area contributed by atoms with Gasteiger partial charge in [0, 0.05) is 6.07 Å². The monoisotopic (exact) mass is 390 g/mol.